The molecule has 0 aliphatic heterocycles. The molecule has 0 unspecified atom stereocenters. The van der Waals surface area contributed by atoms with Crippen LogP contribution < -0.4 is 0 Å². The molecule has 14 heavy (non-hydrogen) atoms. The topological polar surface area (TPSA) is 20.3 Å². The highest BCUT2D eigenvalue weighted by molar-refractivity contribution is 5.88. The van der Waals surface area contributed by atoms with Gasteiger partial charge >= 0.3 is 0 Å². The lowest BCUT2D eigenvalue weighted by atomic mass is 10.1. The fourth-order valence-corrected chi connectivity index (χ4v) is 1.32. The normalized spacial score (nSPS) is 9.86. The largest absolute Gasteiger partial charge is 0.343 e. The van der Waals surface area contributed by atoms with Crippen LogP contribution in [-0.4, -0.2) is 23.9 Å². The van der Waals surface area contributed by atoms with Crippen LogP contribution in [0.15, 0.2) is 30.3 Å². The van der Waals surface area contributed by atoms with Gasteiger partial charge in [0, 0.05) is 13.1 Å². The van der Waals surface area contributed by atoms with Gasteiger partial charge in [-0.1, -0.05) is 30.3 Å². The molecule has 1 amide bonds. The number of hydrogen-bond acceptors (Lipinski definition) is 1. The highest BCUT2D eigenvalue weighted by Gasteiger charge is 2.09. The van der Waals surface area contributed by atoms with Gasteiger partial charge in [0.25, 0.3) is 0 Å². The zero-order chi connectivity index (χ0) is 10.4. The highest BCUT2D eigenvalue weighted by atomic mass is 16.2. The first kappa shape index (κ1) is 10.8. The van der Waals surface area contributed by atoms with Crippen LogP contribution in [0.2, 0.25) is 0 Å². The van der Waals surface area contributed by atoms with Gasteiger partial charge < -0.3 is 4.90 Å². The zero-order valence-corrected chi connectivity index (χ0v) is 8.73. The molecule has 1 rings (SSSR count). The van der Waals surface area contributed by atoms with E-state index in [0.29, 0.717) is 0 Å². The summed E-state index contributed by atoms with van der Waals surface area (Å²) in [6, 6.07) is 9.67. The van der Waals surface area contributed by atoms with E-state index in [1.165, 1.54) is 0 Å². The molecule has 0 aliphatic carbocycles. The van der Waals surface area contributed by atoms with E-state index in [2.05, 4.69) is 0 Å². The molecule has 0 spiro atoms. The number of hydrogen-bond donors (Lipinski definition) is 0. The molecule has 0 saturated carbocycles. The van der Waals surface area contributed by atoms with Gasteiger partial charge in [0.2, 0.25) is 5.91 Å². The predicted molar refractivity (Wildman–Crippen MR) is 57.8 cm³/mol. The van der Waals surface area contributed by atoms with Crippen LogP contribution in [0.1, 0.15) is 19.4 Å². The summed E-state index contributed by atoms with van der Waals surface area (Å²) in [5.74, 6) is 0.0844. The Balaban J connectivity index is 2.57. The number of benzene rings is 1. The summed E-state index contributed by atoms with van der Waals surface area (Å²) in [5, 5.41) is 0. The summed E-state index contributed by atoms with van der Waals surface area (Å²) in [6.45, 7) is 5.50. The predicted octanol–water partition coefficient (Wildman–Crippen LogP) is 2.11. The molecule has 2 nitrogen and oxygen atoms in total. The maximum absolute atomic E-state index is 11.6. The fourth-order valence-electron chi connectivity index (χ4n) is 1.32. The molecule has 0 N–H and O–H groups in total. The van der Waals surface area contributed by atoms with Crippen molar-refractivity contribution in [3.05, 3.63) is 42.3 Å². The van der Waals surface area contributed by atoms with Crippen molar-refractivity contribution >= 4 is 5.91 Å². The summed E-state index contributed by atoms with van der Waals surface area (Å²) >= 11 is 0. The number of amides is 1. The van der Waals surface area contributed by atoms with Crippen LogP contribution in [0.3, 0.4) is 0 Å². The average molecular weight is 190 g/mol. The van der Waals surface area contributed by atoms with Gasteiger partial charge in [0.05, 0.1) is 6.42 Å². The molecule has 0 bridgehead atoms. The minimum atomic E-state index is 0.0844. The molecular formula is C12H16NO. The number of nitrogens with zero attached hydrogens (tertiary/aromatic N) is 1. The summed E-state index contributed by atoms with van der Waals surface area (Å²) in [4.78, 5) is 13.4. The Hall–Kier alpha value is -1.31. The first-order chi connectivity index (χ1) is 6.77. The van der Waals surface area contributed by atoms with E-state index in [1.54, 1.807) is 11.3 Å². The quantitative estimate of drug-likeness (QED) is 0.712. The molecule has 0 saturated heterocycles. The Morgan fingerprint density at radius 2 is 1.79 bits per heavy atom. The second kappa shape index (κ2) is 5.43. The number of carbonyl (C=O) groups excluding carboxylic acids is 1. The molecular weight excluding hydrogens is 174 g/mol. The minimum absolute atomic E-state index is 0.0844. The maximum Gasteiger partial charge on any atom is 0.231 e. The third-order valence-corrected chi connectivity index (χ3v) is 2.16. The van der Waals surface area contributed by atoms with Crippen LogP contribution >= 0.6 is 0 Å². The van der Waals surface area contributed by atoms with Crippen LogP contribution in [0.25, 0.3) is 0 Å². The molecule has 75 valence electrons. The van der Waals surface area contributed by atoms with Gasteiger partial charge in [-0.25, -0.2) is 0 Å². The van der Waals surface area contributed by atoms with Gasteiger partial charge in [-0.15, -0.1) is 0 Å². The van der Waals surface area contributed by atoms with Gasteiger partial charge in [-0.3, -0.25) is 4.79 Å². The van der Waals surface area contributed by atoms with E-state index in [9.17, 15) is 4.79 Å². The summed E-state index contributed by atoms with van der Waals surface area (Å²) in [7, 11) is 0. The second-order valence-corrected chi connectivity index (χ2v) is 3.07. The van der Waals surface area contributed by atoms with Crippen molar-refractivity contribution in [2.24, 2.45) is 0 Å². The van der Waals surface area contributed by atoms with Gasteiger partial charge in [0.1, 0.15) is 0 Å². The Labute approximate surface area is 85.5 Å². The maximum atomic E-state index is 11.6. The Bertz CT molecular complexity index is 278. The fraction of sp³-hybridized carbons (Fsp3) is 0.333. The molecule has 1 aromatic carbocycles. The molecule has 0 aliphatic rings. The number of carbonyl (C=O) groups is 1. The Kier molecular flexibility index (Phi) is 4.17. The van der Waals surface area contributed by atoms with E-state index in [4.69, 9.17) is 0 Å². The van der Waals surface area contributed by atoms with Gasteiger partial charge in [0.15, 0.2) is 0 Å². The lowest BCUT2D eigenvalue weighted by Crippen LogP contribution is -2.30. The molecule has 2 heteroatoms. The first-order valence-corrected chi connectivity index (χ1v) is 4.96. The SMILES string of the molecule is CCN(CC)C(=O)[CH]c1ccccc1. The van der Waals surface area contributed by atoms with E-state index in [1.807, 2.05) is 44.2 Å². The second-order valence-electron chi connectivity index (χ2n) is 3.07. The monoisotopic (exact) mass is 190 g/mol. The summed E-state index contributed by atoms with van der Waals surface area (Å²) in [5.41, 5.74) is 0.962. The average Bonchev–Trinajstić information content (AvgIpc) is 2.21. The van der Waals surface area contributed by atoms with Crippen molar-refractivity contribution < 1.29 is 4.79 Å². The molecule has 1 radical (unpaired) electrons. The van der Waals surface area contributed by atoms with Crippen molar-refractivity contribution in [1.82, 2.24) is 4.90 Å². The van der Waals surface area contributed by atoms with Gasteiger partial charge in [-0.05, 0) is 19.4 Å². The van der Waals surface area contributed by atoms with Crippen LogP contribution in [0, 0.1) is 6.42 Å². The molecule has 0 atom stereocenters. The van der Waals surface area contributed by atoms with Crippen LogP contribution in [0.5, 0.6) is 0 Å². The third-order valence-electron chi connectivity index (χ3n) is 2.16. The Morgan fingerprint density at radius 1 is 1.21 bits per heavy atom. The van der Waals surface area contributed by atoms with Crippen molar-refractivity contribution in [2.45, 2.75) is 13.8 Å². The molecule has 0 aromatic heterocycles. The van der Waals surface area contributed by atoms with Crippen molar-refractivity contribution in [3.8, 4) is 0 Å². The van der Waals surface area contributed by atoms with Crippen molar-refractivity contribution in [2.75, 3.05) is 13.1 Å². The van der Waals surface area contributed by atoms with Crippen molar-refractivity contribution in [1.29, 1.82) is 0 Å². The number of rotatable bonds is 4. The van der Waals surface area contributed by atoms with Crippen LogP contribution in [-0.2, 0) is 4.79 Å². The molecule has 0 heterocycles. The van der Waals surface area contributed by atoms with E-state index >= 15 is 0 Å². The van der Waals surface area contributed by atoms with Gasteiger partial charge in [-0.2, -0.15) is 0 Å². The summed E-state index contributed by atoms with van der Waals surface area (Å²) < 4.78 is 0. The third kappa shape index (κ3) is 2.87. The lowest BCUT2D eigenvalue weighted by molar-refractivity contribution is -0.126. The van der Waals surface area contributed by atoms with Crippen LogP contribution in [0.4, 0.5) is 0 Å². The lowest BCUT2D eigenvalue weighted by Gasteiger charge is -2.18. The van der Waals surface area contributed by atoms with Crippen molar-refractivity contribution in [3.63, 3.8) is 0 Å². The summed E-state index contributed by atoms with van der Waals surface area (Å²) in [6.07, 6.45) is 1.67. The van der Waals surface area contributed by atoms with E-state index in [0.717, 1.165) is 18.7 Å². The van der Waals surface area contributed by atoms with E-state index in [-0.39, 0.29) is 5.91 Å². The minimum Gasteiger partial charge on any atom is -0.343 e. The molecule has 0 fully saturated rings. The highest BCUT2D eigenvalue weighted by Crippen LogP contribution is 2.04. The standard InChI is InChI=1S/C12H16NO/c1-3-13(4-2)12(14)10-11-8-6-5-7-9-11/h5-10H,3-4H2,1-2H3. The Morgan fingerprint density at radius 3 is 2.29 bits per heavy atom. The first-order valence-electron chi connectivity index (χ1n) is 4.96. The number of likely N-dealkylation sites (N-methyl/N-ethyl adjacent to an activating group) is 1. The van der Waals surface area contributed by atoms with E-state index < -0.39 is 0 Å². The molecule has 1 aromatic rings. The smallest absolute Gasteiger partial charge is 0.231 e. The zero-order valence-electron chi connectivity index (χ0n) is 8.73.